The van der Waals surface area contributed by atoms with Gasteiger partial charge in [-0.2, -0.15) is 0 Å². The molecule has 1 atom stereocenters. The Hall–Kier alpha value is -0.970. The van der Waals surface area contributed by atoms with Gasteiger partial charge in [-0.15, -0.1) is 0 Å². The first kappa shape index (κ1) is 15.4. The van der Waals surface area contributed by atoms with Crippen LogP contribution in [-0.2, 0) is 6.42 Å². The predicted molar refractivity (Wildman–Crippen MR) is 81.0 cm³/mol. The van der Waals surface area contributed by atoms with Crippen molar-refractivity contribution < 1.29 is 8.78 Å². The molecule has 0 aliphatic heterocycles. The molecule has 0 amide bonds. The van der Waals surface area contributed by atoms with Gasteiger partial charge in [-0.05, 0) is 61.0 Å². The second-order valence-corrected chi connectivity index (χ2v) is 5.71. The molecule has 2 aromatic rings. The SMILES string of the molecule is CNC(Cc1cc(F)ccc1Cl)c1cc(F)ccc1Br. The molecule has 0 bridgehead atoms. The van der Waals surface area contributed by atoms with E-state index in [2.05, 4.69) is 21.2 Å². The van der Waals surface area contributed by atoms with Crippen molar-refractivity contribution in [2.24, 2.45) is 0 Å². The molecule has 0 aliphatic carbocycles. The second kappa shape index (κ2) is 6.66. The summed E-state index contributed by atoms with van der Waals surface area (Å²) in [6.07, 6.45) is 0.467. The molecule has 20 heavy (non-hydrogen) atoms. The minimum atomic E-state index is -0.336. The molecule has 0 radical (unpaired) electrons. The zero-order valence-corrected chi connectivity index (χ0v) is 13.1. The molecule has 1 unspecified atom stereocenters. The van der Waals surface area contributed by atoms with Crippen molar-refractivity contribution in [1.82, 2.24) is 5.32 Å². The second-order valence-electron chi connectivity index (χ2n) is 4.45. The van der Waals surface area contributed by atoms with E-state index in [1.807, 2.05) is 0 Å². The fourth-order valence-corrected chi connectivity index (χ4v) is 2.79. The van der Waals surface area contributed by atoms with Crippen molar-refractivity contribution >= 4 is 27.5 Å². The first-order valence-electron chi connectivity index (χ1n) is 6.07. The Morgan fingerprint density at radius 1 is 1.15 bits per heavy atom. The third kappa shape index (κ3) is 3.57. The van der Waals surface area contributed by atoms with Gasteiger partial charge in [0.05, 0.1) is 0 Å². The van der Waals surface area contributed by atoms with Crippen LogP contribution in [0.5, 0.6) is 0 Å². The number of nitrogens with one attached hydrogen (secondary N) is 1. The van der Waals surface area contributed by atoms with Gasteiger partial charge in [0.25, 0.3) is 0 Å². The average molecular weight is 361 g/mol. The molecule has 106 valence electrons. The molecular weight excluding hydrogens is 348 g/mol. The van der Waals surface area contributed by atoms with Crippen LogP contribution in [-0.4, -0.2) is 7.05 Å². The van der Waals surface area contributed by atoms with Crippen molar-refractivity contribution in [3.05, 3.63) is 68.7 Å². The lowest BCUT2D eigenvalue weighted by atomic mass is 9.99. The van der Waals surface area contributed by atoms with Crippen LogP contribution in [0.1, 0.15) is 17.2 Å². The lowest BCUT2D eigenvalue weighted by Crippen LogP contribution is -2.19. The molecule has 2 aromatic carbocycles. The number of hydrogen-bond acceptors (Lipinski definition) is 1. The van der Waals surface area contributed by atoms with Crippen LogP contribution >= 0.6 is 27.5 Å². The summed E-state index contributed by atoms with van der Waals surface area (Å²) in [5.41, 5.74) is 1.45. The Balaban J connectivity index is 2.33. The predicted octanol–water partition coefficient (Wildman–Crippen LogP) is 4.88. The van der Waals surface area contributed by atoms with Crippen LogP contribution in [0.2, 0.25) is 5.02 Å². The largest absolute Gasteiger partial charge is 0.313 e. The zero-order chi connectivity index (χ0) is 14.7. The lowest BCUT2D eigenvalue weighted by molar-refractivity contribution is 0.570. The molecule has 1 N–H and O–H groups in total. The van der Waals surface area contributed by atoms with Gasteiger partial charge in [0.1, 0.15) is 11.6 Å². The third-order valence-electron chi connectivity index (χ3n) is 3.11. The highest BCUT2D eigenvalue weighted by atomic mass is 79.9. The van der Waals surface area contributed by atoms with Gasteiger partial charge in [-0.25, -0.2) is 8.78 Å². The maximum absolute atomic E-state index is 13.4. The maximum atomic E-state index is 13.4. The molecule has 5 heteroatoms. The molecule has 0 aromatic heterocycles. The Labute approximate surface area is 130 Å². The van der Waals surface area contributed by atoms with E-state index in [9.17, 15) is 8.78 Å². The van der Waals surface area contributed by atoms with E-state index >= 15 is 0 Å². The summed E-state index contributed by atoms with van der Waals surface area (Å²) in [6.45, 7) is 0. The Bertz CT molecular complexity index is 619. The van der Waals surface area contributed by atoms with Gasteiger partial charge in [-0.3, -0.25) is 0 Å². The lowest BCUT2D eigenvalue weighted by Gasteiger charge is -2.19. The van der Waals surface area contributed by atoms with E-state index in [0.29, 0.717) is 17.0 Å². The first-order valence-corrected chi connectivity index (χ1v) is 7.24. The topological polar surface area (TPSA) is 12.0 Å². The van der Waals surface area contributed by atoms with Crippen LogP contribution < -0.4 is 5.32 Å². The summed E-state index contributed by atoms with van der Waals surface area (Å²) in [5, 5.41) is 3.60. The highest BCUT2D eigenvalue weighted by molar-refractivity contribution is 9.10. The normalized spacial score (nSPS) is 12.4. The van der Waals surface area contributed by atoms with Crippen LogP contribution in [0.3, 0.4) is 0 Å². The van der Waals surface area contributed by atoms with Crippen LogP contribution in [0.4, 0.5) is 8.78 Å². The molecule has 0 saturated heterocycles. The smallest absolute Gasteiger partial charge is 0.123 e. The van der Waals surface area contributed by atoms with Crippen LogP contribution in [0.15, 0.2) is 40.9 Å². The average Bonchev–Trinajstić information content (AvgIpc) is 2.42. The fraction of sp³-hybridized carbons (Fsp3) is 0.200. The minimum Gasteiger partial charge on any atom is -0.313 e. The Kier molecular flexibility index (Phi) is 5.13. The maximum Gasteiger partial charge on any atom is 0.123 e. The van der Waals surface area contributed by atoms with Gasteiger partial charge in [-0.1, -0.05) is 27.5 Å². The summed E-state index contributed by atoms with van der Waals surface area (Å²) in [5.74, 6) is -0.647. The van der Waals surface area contributed by atoms with Gasteiger partial charge in [0.2, 0.25) is 0 Å². The molecule has 0 saturated carbocycles. The van der Waals surface area contributed by atoms with Gasteiger partial charge in [0.15, 0.2) is 0 Å². The molecular formula is C15H13BrClF2N. The Morgan fingerprint density at radius 2 is 1.80 bits per heavy atom. The summed E-state index contributed by atoms with van der Waals surface area (Å²) in [7, 11) is 1.77. The summed E-state index contributed by atoms with van der Waals surface area (Å²) in [6, 6.07) is 8.58. The number of hydrogen-bond donors (Lipinski definition) is 1. The summed E-state index contributed by atoms with van der Waals surface area (Å²) in [4.78, 5) is 0. The molecule has 2 rings (SSSR count). The molecule has 1 nitrogen and oxygen atoms in total. The van der Waals surface area contributed by atoms with E-state index in [-0.39, 0.29) is 17.7 Å². The quantitative estimate of drug-likeness (QED) is 0.819. The number of rotatable bonds is 4. The van der Waals surface area contributed by atoms with Crippen molar-refractivity contribution in [1.29, 1.82) is 0 Å². The van der Waals surface area contributed by atoms with E-state index in [1.54, 1.807) is 13.1 Å². The van der Waals surface area contributed by atoms with Crippen molar-refractivity contribution in [2.45, 2.75) is 12.5 Å². The highest BCUT2D eigenvalue weighted by Gasteiger charge is 2.16. The van der Waals surface area contributed by atoms with E-state index in [0.717, 1.165) is 10.0 Å². The molecule has 0 heterocycles. The van der Waals surface area contributed by atoms with Gasteiger partial charge >= 0.3 is 0 Å². The summed E-state index contributed by atoms with van der Waals surface area (Å²) >= 11 is 9.48. The van der Waals surface area contributed by atoms with E-state index in [1.165, 1.54) is 30.3 Å². The van der Waals surface area contributed by atoms with Crippen molar-refractivity contribution in [2.75, 3.05) is 7.05 Å². The van der Waals surface area contributed by atoms with E-state index < -0.39 is 0 Å². The molecule has 0 spiro atoms. The van der Waals surface area contributed by atoms with E-state index in [4.69, 9.17) is 11.6 Å². The summed E-state index contributed by atoms with van der Waals surface area (Å²) < 4.78 is 27.5. The third-order valence-corrected chi connectivity index (χ3v) is 4.20. The minimum absolute atomic E-state index is 0.167. The van der Waals surface area contributed by atoms with Crippen molar-refractivity contribution in [3.8, 4) is 0 Å². The molecule has 0 fully saturated rings. The monoisotopic (exact) mass is 359 g/mol. The van der Waals surface area contributed by atoms with Gasteiger partial charge in [0, 0.05) is 15.5 Å². The van der Waals surface area contributed by atoms with Crippen LogP contribution in [0.25, 0.3) is 0 Å². The van der Waals surface area contributed by atoms with Gasteiger partial charge < -0.3 is 5.32 Å². The Morgan fingerprint density at radius 3 is 2.50 bits per heavy atom. The number of likely N-dealkylation sites (N-methyl/N-ethyl adjacent to an activating group) is 1. The van der Waals surface area contributed by atoms with Crippen LogP contribution in [0, 0.1) is 11.6 Å². The fourth-order valence-electron chi connectivity index (χ4n) is 2.07. The zero-order valence-electron chi connectivity index (χ0n) is 10.8. The highest BCUT2D eigenvalue weighted by Crippen LogP contribution is 2.29. The molecule has 0 aliphatic rings. The number of benzene rings is 2. The van der Waals surface area contributed by atoms with Crippen molar-refractivity contribution in [3.63, 3.8) is 0 Å². The first-order chi connectivity index (χ1) is 9.51. The standard InChI is InChI=1S/C15H13BrClF2N/c1-20-15(12-8-11(19)2-4-13(12)16)7-9-6-10(18)3-5-14(9)17/h2-6,8,15,20H,7H2,1H3. The number of halogens is 4.